The molecule has 0 amide bonds. The Morgan fingerprint density at radius 3 is 1.53 bits per heavy atom. The van der Waals surface area contributed by atoms with Gasteiger partial charge in [-0.1, -0.05) is 78.8 Å². The summed E-state index contributed by atoms with van der Waals surface area (Å²) < 4.78 is 0. The first-order chi connectivity index (χ1) is 8.30. The van der Waals surface area contributed by atoms with Crippen molar-refractivity contribution in [3.63, 3.8) is 0 Å². The van der Waals surface area contributed by atoms with Gasteiger partial charge in [0.1, 0.15) is 0 Å². The highest BCUT2D eigenvalue weighted by Crippen LogP contribution is 2.62. The molecule has 82 valence electrons. The summed E-state index contributed by atoms with van der Waals surface area (Å²) in [5.74, 6) is 0.338. The van der Waals surface area contributed by atoms with Crippen molar-refractivity contribution in [3.05, 3.63) is 71.8 Å². The molecule has 0 spiro atoms. The van der Waals surface area contributed by atoms with E-state index >= 15 is 0 Å². The first kappa shape index (κ1) is 10.6. The first-order valence-electron chi connectivity index (χ1n) is 6.18. The molecule has 0 aromatic heterocycles. The molecular weight excluding hydrogens is 203 g/mol. The Morgan fingerprint density at radius 2 is 1.18 bits per heavy atom. The molecule has 1 saturated carbocycles. The second-order valence-corrected chi connectivity index (χ2v) is 4.99. The topological polar surface area (TPSA) is 0 Å². The molecule has 1 heteroatoms. The predicted molar refractivity (Wildman–Crippen MR) is 72.4 cm³/mol. The van der Waals surface area contributed by atoms with Gasteiger partial charge in [-0.05, 0) is 11.1 Å². The normalized spacial score (nSPS) is 17.0. The maximum absolute atomic E-state index is 6.45. The van der Waals surface area contributed by atoms with Crippen LogP contribution in [0.3, 0.4) is 0 Å². The summed E-state index contributed by atoms with van der Waals surface area (Å²) in [4.78, 5) is 0. The van der Waals surface area contributed by atoms with Crippen LogP contribution in [0.25, 0.3) is 0 Å². The third kappa shape index (κ3) is 2.02. The molecule has 0 atom stereocenters. The highest BCUT2D eigenvalue weighted by Gasteiger charge is 2.45. The lowest BCUT2D eigenvalue weighted by atomic mass is 9.67. The van der Waals surface area contributed by atoms with Gasteiger partial charge in [0, 0.05) is 5.92 Å². The Labute approximate surface area is 104 Å². The summed E-state index contributed by atoms with van der Waals surface area (Å²) in [6, 6.07) is 21.2. The van der Waals surface area contributed by atoms with Crippen molar-refractivity contribution in [1.82, 2.24) is 0 Å². The van der Waals surface area contributed by atoms with E-state index < -0.39 is 0 Å². The molecule has 1 aliphatic rings. The van der Waals surface area contributed by atoms with Crippen LogP contribution in [-0.4, -0.2) is 7.85 Å². The van der Waals surface area contributed by atoms with Crippen LogP contribution in [0.15, 0.2) is 60.7 Å². The average molecular weight is 218 g/mol. The van der Waals surface area contributed by atoms with E-state index in [0.29, 0.717) is 5.92 Å². The predicted octanol–water partition coefficient (Wildman–Crippen LogP) is 3.94. The third-order valence-corrected chi connectivity index (χ3v) is 3.67. The summed E-state index contributed by atoms with van der Waals surface area (Å²) in [6.45, 7) is 0. The van der Waals surface area contributed by atoms with Crippen LogP contribution in [-0.2, 0) is 0 Å². The summed E-state index contributed by atoms with van der Waals surface area (Å²) in [5.41, 5.74) is 2.66. The van der Waals surface area contributed by atoms with Crippen molar-refractivity contribution < 1.29 is 0 Å². The largest absolute Gasteiger partial charge is 0.0759 e. The van der Waals surface area contributed by atoms with E-state index in [4.69, 9.17) is 7.85 Å². The molecule has 0 N–H and O–H groups in total. The van der Waals surface area contributed by atoms with Crippen molar-refractivity contribution in [2.45, 2.75) is 24.1 Å². The number of benzene rings is 2. The van der Waals surface area contributed by atoms with Crippen LogP contribution in [0, 0.1) is 0 Å². The first-order valence-corrected chi connectivity index (χ1v) is 6.18. The van der Waals surface area contributed by atoms with Crippen molar-refractivity contribution in [1.29, 1.82) is 0 Å². The fourth-order valence-corrected chi connectivity index (χ4v) is 2.58. The standard InChI is InChI=1S/C16H15B/c17-16(11-12-16)15(13-7-3-1-4-8-13)14-9-5-2-6-10-14/h1-10,15H,11-12H2. The van der Waals surface area contributed by atoms with E-state index in [-0.39, 0.29) is 5.31 Å². The van der Waals surface area contributed by atoms with Crippen LogP contribution in [0.4, 0.5) is 0 Å². The molecule has 1 fully saturated rings. The third-order valence-electron chi connectivity index (χ3n) is 3.67. The van der Waals surface area contributed by atoms with Gasteiger partial charge in [0.05, 0.1) is 7.85 Å². The Bertz CT molecular complexity index is 446. The van der Waals surface area contributed by atoms with Gasteiger partial charge in [0.25, 0.3) is 0 Å². The van der Waals surface area contributed by atoms with Gasteiger partial charge >= 0.3 is 0 Å². The zero-order valence-electron chi connectivity index (χ0n) is 9.84. The second kappa shape index (κ2) is 4.07. The number of hydrogen-bond acceptors (Lipinski definition) is 0. The lowest BCUT2D eigenvalue weighted by molar-refractivity contribution is 0.725. The highest BCUT2D eigenvalue weighted by molar-refractivity contribution is 6.18. The molecule has 0 bridgehead atoms. The Hall–Kier alpha value is -1.50. The lowest BCUT2D eigenvalue weighted by Gasteiger charge is -2.25. The number of hydrogen-bond donors (Lipinski definition) is 0. The molecular formula is C16H15B. The fraction of sp³-hybridized carbons (Fsp3) is 0.250. The van der Waals surface area contributed by atoms with Crippen LogP contribution in [0.1, 0.15) is 29.9 Å². The van der Waals surface area contributed by atoms with E-state index in [9.17, 15) is 0 Å². The SMILES string of the molecule is [B]C1(C(c2ccccc2)c2ccccc2)CC1. The maximum atomic E-state index is 6.45. The Kier molecular flexibility index (Phi) is 2.55. The minimum Gasteiger partial charge on any atom is -0.0622 e. The van der Waals surface area contributed by atoms with Gasteiger partial charge < -0.3 is 0 Å². The van der Waals surface area contributed by atoms with Crippen LogP contribution in [0.2, 0.25) is 5.31 Å². The van der Waals surface area contributed by atoms with Gasteiger partial charge in [0.2, 0.25) is 0 Å². The van der Waals surface area contributed by atoms with E-state index in [1.165, 1.54) is 11.1 Å². The van der Waals surface area contributed by atoms with Gasteiger partial charge in [-0.2, -0.15) is 0 Å². The quantitative estimate of drug-likeness (QED) is 0.684. The Morgan fingerprint density at radius 1 is 0.765 bits per heavy atom. The van der Waals surface area contributed by atoms with Crippen LogP contribution < -0.4 is 0 Å². The molecule has 0 saturated heterocycles. The molecule has 2 radical (unpaired) electrons. The van der Waals surface area contributed by atoms with Crippen molar-refractivity contribution in [2.75, 3.05) is 0 Å². The molecule has 17 heavy (non-hydrogen) atoms. The highest BCUT2D eigenvalue weighted by atomic mass is 14.4. The molecule has 2 aromatic rings. The van der Waals surface area contributed by atoms with Gasteiger partial charge in [-0.15, -0.1) is 0 Å². The fourth-order valence-electron chi connectivity index (χ4n) is 2.58. The smallest absolute Gasteiger partial charge is 0.0622 e. The van der Waals surface area contributed by atoms with Gasteiger partial charge in [-0.25, -0.2) is 0 Å². The zero-order valence-corrected chi connectivity index (χ0v) is 9.84. The van der Waals surface area contributed by atoms with E-state index in [2.05, 4.69) is 60.7 Å². The minimum absolute atomic E-state index is 0.0251. The van der Waals surface area contributed by atoms with Crippen molar-refractivity contribution in [2.24, 2.45) is 0 Å². The summed E-state index contributed by atoms with van der Waals surface area (Å²) in [7, 11) is 6.45. The monoisotopic (exact) mass is 218 g/mol. The lowest BCUT2D eigenvalue weighted by Crippen LogP contribution is -2.10. The molecule has 0 nitrogen and oxygen atoms in total. The van der Waals surface area contributed by atoms with Gasteiger partial charge in [-0.3, -0.25) is 0 Å². The van der Waals surface area contributed by atoms with E-state index in [1.54, 1.807) is 0 Å². The van der Waals surface area contributed by atoms with Crippen LogP contribution >= 0.6 is 0 Å². The summed E-state index contributed by atoms with van der Waals surface area (Å²) in [6.07, 6.45) is 2.25. The molecule has 0 aliphatic heterocycles. The summed E-state index contributed by atoms with van der Waals surface area (Å²) >= 11 is 0. The van der Waals surface area contributed by atoms with E-state index in [1.807, 2.05) is 0 Å². The average Bonchev–Trinajstić information content (AvgIpc) is 3.11. The van der Waals surface area contributed by atoms with Crippen molar-refractivity contribution in [3.8, 4) is 0 Å². The molecule has 3 rings (SSSR count). The zero-order chi connectivity index (χ0) is 11.7. The minimum atomic E-state index is -0.0251. The van der Waals surface area contributed by atoms with Crippen LogP contribution in [0.5, 0.6) is 0 Å². The maximum Gasteiger partial charge on any atom is 0.0759 e. The number of rotatable bonds is 3. The summed E-state index contributed by atoms with van der Waals surface area (Å²) in [5, 5.41) is -0.0251. The van der Waals surface area contributed by atoms with E-state index in [0.717, 1.165) is 12.8 Å². The molecule has 0 heterocycles. The van der Waals surface area contributed by atoms with Crippen molar-refractivity contribution >= 4 is 7.85 Å². The Balaban J connectivity index is 2.05. The molecule has 0 unspecified atom stereocenters. The second-order valence-electron chi connectivity index (χ2n) is 4.99. The molecule has 1 aliphatic carbocycles. The molecule has 2 aromatic carbocycles. The van der Waals surface area contributed by atoms with Gasteiger partial charge in [0.15, 0.2) is 0 Å².